The lowest BCUT2D eigenvalue weighted by Gasteiger charge is -2.04. The Morgan fingerprint density at radius 1 is 1.10 bits per heavy atom. The fourth-order valence-electron chi connectivity index (χ4n) is 2.24. The number of aromatic nitrogens is 3. The third-order valence-corrected chi connectivity index (χ3v) is 3.40. The molecular weight excluding hydrogens is 267 g/mol. The molecule has 0 saturated heterocycles. The molecule has 2 heterocycles. The maximum atomic E-state index is 13.0. The Balaban J connectivity index is 2.20. The van der Waals surface area contributed by atoms with E-state index >= 15 is 0 Å². The predicted octanol–water partition coefficient (Wildman–Crippen LogP) is 3.18. The van der Waals surface area contributed by atoms with E-state index in [9.17, 15) is 4.39 Å². The molecule has 5 heteroatoms. The molecule has 0 bridgehead atoms. The van der Waals surface area contributed by atoms with Gasteiger partial charge in [-0.25, -0.2) is 4.39 Å². The van der Waals surface area contributed by atoms with Crippen LogP contribution in [-0.2, 0) is 7.05 Å². The first-order chi connectivity index (χ1) is 10.1. The van der Waals surface area contributed by atoms with Crippen molar-refractivity contribution in [3.05, 3.63) is 54.0 Å². The summed E-state index contributed by atoms with van der Waals surface area (Å²) in [6.45, 7) is 2.03. The highest BCUT2D eigenvalue weighted by atomic mass is 19.1. The molecule has 0 spiro atoms. The number of nitrogen functional groups attached to an aromatic ring is 1. The van der Waals surface area contributed by atoms with Gasteiger partial charge in [-0.2, -0.15) is 5.10 Å². The Kier molecular flexibility index (Phi) is 3.17. The van der Waals surface area contributed by atoms with Gasteiger partial charge in [0.2, 0.25) is 0 Å². The van der Waals surface area contributed by atoms with Crippen molar-refractivity contribution in [1.29, 1.82) is 0 Å². The number of benzene rings is 1. The largest absolute Gasteiger partial charge is 0.383 e. The summed E-state index contributed by atoms with van der Waals surface area (Å²) in [7, 11) is 1.78. The second-order valence-corrected chi connectivity index (χ2v) is 4.96. The summed E-state index contributed by atoms with van der Waals surface area (Å²) < 4.78 is 14.6. The average molecular weight is 282 g/mol. The van der Waals surface area contributed by atoms with Crippen molar-refractivity contribution < 1.29 is 4.39 Å². The number of nitrogens with two attached hydrogens (primary N) is 1. The zero-order valence-corrected chi connectivity index (χ0v) is 11.8. The van der Waals surface area contributed by atoms with E-state index in [1.807, 2.05) is 31.2 Å². The predicted molar refractivity (Wildman–Crippen MR) is 81.0 cm³/mol. The number of nitrogens with zero attached hydrogens (tertiary/aromatic N) is 3. The maximum Gasteiger partial charge on any atom is 0.141 e. The molecule has 1 aromatic carbocycles. The van der Waals surface area contributed by atoms with E-state index in [0.717, 1.165) is 11.1 Å². The summed E-state index contributed by atoms with van der Waals surface area (Å²) >= 11 is 0. The van der Waals surface area contributed by atoms with Crippen LogP contribution in [-0.4, -0.2) is 14.8 Å². The average Bonchev–Trinajstić information content (AvgIpc) is 2.77. The van der Waals surface area contributed by atoms with Gasteiger partial charge in [0.15, 0.2) is 0 Å². The molecule has 0 aliphatic carbocycles. The van der Waals surface area contributed by atoms with E-state index in [-0.39, 0.29) is 5.82 Å². The molecule has 0 saturated carbocycles. The van der Waals surface area contributed by atoms with E-state index in [1.54, 1.807) is 17.8 Å². The minimum absolute atomic E-state index is 0.375. The SMILES string of the molecule is Cc1ccc(-c2c(-c3ccc(F)cn3)nn(C)c2N)cc1. The summed E-state index contributed by atoms with van der Waals surface area (Å²) in [6.07, 6.45) is 1.18. The third-order valence-electron chi connectivity index (χ3n) is 3.40. The number of anilines is 1. The molecular formula is C16H15FN4. The van der Waals surface area contributed by atoms with E-state index in [2.05, 4.69) is 10.1 Å². The highest BCUT2D eigenvalue weighted by Crippen LogP contribution is 2.35. The van der Waals surface area contributed by atoms with Crippen molar-refractivity contribution in [2.24, 2.45) is 7.05 Å². The molecule has 0 unspecified atom stereocenters. The first-order valence-corrected chi connectivity index (χ1v) is 6.57. The van der Waals surface area contributed by atoms with Gasteiger partial charge in [-0.1, -0.05) is 29.8 Å². The minimum Gasteiger partial charge on any atom is -0.383 e. The van der Waals surface area contributed by atoms with Gasteiger partial charge in [0.05, 0.1) is 17.5 Å². The fraction of sp³-hybridized carbons (Fsp3) is 0.125. The van der Waals surface area contributed by atoms with Gasteiger partial charge in [-0.15, -0.1) is 0 Å². The van der Waals surface area contributed by atoms with Crippen molar-refractivity contribution in [1.82, 2.24) is 14.8 Å². The summed E-state index contributed by atoms with van der Waals surface area (Å²) in [5, 5.41) is 4.42. The lowest BCUT2D eigenvalue weighted by atomic mass is 10.0. The number of pyridine rings is 1. The van der Waals surface area contributed by atoms with Gasteiger partial charge < -0.3 is 5.73 Å². The van der Waals surface area contributed by atoms with Gasteiger partial charge in [0, 0.05) is 7.05 Å². The zero-order valence-electron chi connectivity index (χ0n) is 11.8. The van der Waals surface area contributed by atoms with Crippen LogP contribution in [0.2, 0.25) is 0 Å². The molecule has 0 aliphatic heterocycles. The van der Waals surface area contributed by atoms with Crippen LogP contribution in [0.4, 0.5) is 10.2 Å². The van der Waals surface area contributed by atoms with Crippen LogP contribution >= 0.6 is 0 Å². The van der Waals surface area contributed by atoms with Crippen LogP contribution in [0.1, 0.15) is 5.56 Å². The molecule has 0 radical (unpaired) electrons. The molecule has 2 N–H and O–H groups in total. The second kappa shape index (κ2) is 5.01. The molecule has 106 valence electrons. The maximum absolute atomic E-state index is 13.0. The Bertz CT molecular complexity index is 773. The third kappa shape index (κ3) is 2.38. The van der Waals surface area contributed by atoms with Crippen molar-refractivity contribution in [2.45, 2.75) is 6.92 Å². The molecule has 0 aliphatic rings. The van der Waals surface area contributed by atoms with Crippen LogP contribution in [0.25, 0.3) is 22.5 Å². The zero-order chi connectivity index (χ0) is 15.0. The molecule has 0 fully saturated rings. The first kappa shape index (κ1) is 13.3. The Morgan fingerprint density at radius 3 is 2.43 bits per heavy atom. The van der Waals surface area contributed by atoms with Crippen molar-refractivity contribution in [3.8, 4) is 22.5 Å². The number of hydrogen-bond acceptors (Lipinski definition) is 3. The number of hydrogen-bond donors (Lipinski definition) is 1. The molecule has 21 heavy (non-hydrogen) atoms. The standard InChI is InChI=1S/C16H15FN4/c1-10-3-5-11(6-4-10)14-15(20-21(2)16(14)18)13-8-7-12(17)9-19-13/h3-9H,18H2,1-2H3. The van der Waals surface area contributed by atoms with Gasteiger partial charge in [0.1, 0.15) is 17.3 Å². The molecule has 4 nitrogen and oxygen atoms in total. The van der Waals surface area contributed by atoms with Gasteiger partial charge in [0.25, 0.3) is 0 Å². The summed E-state index contributed by atoms with van der Waals surface area (Å²) in [6, 6.07) is 11.0. The molecule has 2 aromatic heterocycles. The first-order valence-electron chi connectivity index (χ1n) is 6.57. The summed E-state index contributed by atoms with van der Waals surface area (Å²) in [4.78, 5) is 4.10. The van der Waals surface area contributed by atoms with Crippen molar-refractivity contribution >= 4 is 5.82 Å². The fourth-order valence-corrected chi connectivity index (χ4v) is 2.24. The van der Waals surface area contributed by atoms with Crippen molar-refractivity contribution in [2.75, 3.05) is 5.73 Å². The Morgan fingerprint density at radius 2 is 1.81 bits per heavy atom. The molecule has 0 amide bonds. The van der Waals surface area contributed by atoms with Gasteiger partial charge >= 0.3 is 0 Å². The van der Waals surface area contributed by atoms with Crippen molar-refractivity contribution in [3.63, 3.8) is 0 Å². The summed E-state index contributed by atoms with van der Waals surface area (Å²) in [5.41, 5.74) is 10.3. The lowest BCUT2D eigenvalue weighted by Crippen LogP contribution is -1.97. The number of rotatable bonds is 2. The van der Waals surface area contributed by atoms with Crippen LogP contribution in [0.3, 0.4) is 0 Å². The van der Waals surface area contributed by atoms with E-state index in [4.69, 9.17) is 5.73 Å². The minimum atomic E-state index is -0.375. The highest BCUT2D eigenvalue weighted by molar-refractivity contribution is 5.87. The molecule has 0 atom stereocenters. The molecule has 3 rings (SSSR count). The van der Waals surface area contributed by atoms with Crippen LogP contribution < -0.4 is 5.73 Å². The monoisotopic (exact) mass is 282 g/mol. The highest BCUT2D eigenvalue weighted by Gasteiger charge is 2.18. The van der Waals surface area contributed by atoms with Crippen LogP contribution in [0, 0.1) is 12.7 Å². The lowest BCUT2D eigenvalue weighted by molar-refractivity contribution is 0.621. The normalized spacial score (nSPS) is 10.8. The van der Waals surface area contributed by atoms with Crippen LogP contribution in [0.15, 0.2) is 42.6 Å². The molecule has 3 aromatic rings. The number of halogens is 1. The van der Waals surface area contributed by atoms with Gasteiger partial charge in [-0.3, -0.25) is 9.67 Å². The summed E-state index contributed by atoms with van der Waals surface area (Å²) in [5.74, 6) is 0.180. The number of aryl methyl sites for hydroxylation is 2. The Labute approximate surface area is 122 Å². The quantitative estimate of drug-likeness (QED) is 0.785. The van der Waals surface area contributed by atoms with Gasteiger partial charge in [-0.05, 0) is 24.6 Å². The smallest absolute Gasteiger partial charge is 0.141 e. The Hall–Kier alpha value is -2.69. The van der Waals surface area contributed by atoms with E-state index in [0.29, 0.717) is 17.2 Å². The topological polar surface area (TPSA) is 56.7 Å². The van der Waals surface area contributed by atoms with Crippen LogP contribution in [0.5, 0.6) is 0 Å². The second-order valence-electron chi connectivity index (χ2n) is 4.96. The van der Waals surface area contributed by atoms with E-state index < -0.39 is 0 Å². The van der Waals surface area contributed by atoms with E-state index in [1.165, 1.54) is 17.8 Å².